The van der Waals surface area contributed by atoms with Gasteiger partial charge in [-0.15, -0.1) is 0 Å². The Kier molecular flexibility index (Phi) is 5.20. The van der Waals surface area contributed by atoms with Crippen LogP contribution in [0.5, 0.6) is 0 Å². The number of hydrogen-bond acceptors (Lipinski definition) is 3. The Morgan fingerprint density at radius 1 is 0.968 bits per heavy atom. The normalized spacial score (nSPS) is 43.7. The van der Waals surface area contributed by atoms with Crippen molar-refractivity contribution in [3.05, 3.63) is 35.9 Å². The van der Waals surface area contributed by atoms with Crippen molar-refractivity contribution in [2.45, 2.75) is 94.3 Å². The lowest BCUT2D eigenvalue weighted by molar-refractivity contribution is -0.155. The van der Waals surface area contributed by atoms with Crippen LogP contribution in [0.3, 0.4) is 0 Å². The molecule has 0 saturated heterocycles. The second-order valence-corrected chi connectivity index (χ2v) is 12.1. The number of nitrogens with one attached hydrogen (secondary N) is 1. The van der Waals surface area contributed by atoms with Crippen LogP contribution in [0, 0.1) is 23.2 Å². The summed E-state index contributed by atoms with van der Waals surface area (Å²) in [6.07, 6.45) is 14.8. The van der Waals surface area contributed by atoms with Gasteiger partial charge in [-0.1, -0.05) is 42.5 Å². The Bertz CT molecular complexity index is 798. The summed E-state index contributed by atoms with van der Waals surface area (Å²) >= 11 is 6.25. The maximum Gasteiger partial charge on any atom is 0.0818 e. The Labute approximate surface area is 192 Å². The second-order valence-electron chi connectivity index (χ2n) is 11.7. The number of nitrogens with two attached hydrogens (primary N) is 1. The molecule has 0 spiro atoms. The molecule has 0 radical (unpaired) electrons. The van der Waals surface area contributed by atoms with Crippen LogP contribution in [0.4, 0.5) is 0 Å². The molecule has 0 heterocycles. The standard InChI is InChI=1S/C27H38N2OS/c28-16-18-6-8-22(9-7-18)29-25(31)27-14-19-12-26(17-27,21-4-2-1-3-5-21)13-20(15-27)24(19)30-23-10-11-23/h1-5,18-20,22-24H,6-17,28H2,(H,29,31)/t18-,19?,20?,22-,24?,26?,27?. The van der Waals surface area contributed by atoms with E-state index in [9.17, 15) is 0 Å². The van der Waals surface area contributed by atoms with E-state index in [2.05, 4.69) is 35.6 Å². The SMILES string of the molecule is NC[C@H]1CC[C@H](NC(=S)C23CC4CC(c5ccccc5)(CC(C2)C4OC2CC2)C3)CC1. The topological polar surface area (TPSA) is 47.3 Å². The third-order valence-electron chi connectivity index (χ3n) is 9.47. The highest BCUT2D eigenvalue weighted by Crippen LogP contribution is 2.67. The number of rotatable bonds is 6. The first-order chi connectivity index (χ1) is 15.1. The minimum Gasteiger partial charge on any atom is -0.376 e. The molecule has 6 aliphatic carbocycles. The fraction of sp³-hybridized carbons (Fsp3) is 0.741. The van der Waals surface area contributed by atoms with Gasteiger partial charge in [-0.25, -0.2) is 0 Å². The number of thiocarbonyl (C=S) groups is 1. The van der Waals surface area contributed by atoms with Gasteiger partial charge in [0.25, 0.3) is 0 Å². The molecule has 2 atom stereocenters. The zero-order valence-electron chi connectivity index (χ0n) is 18.7. The molecule has 1 aromatic carbocycles. The fourth-order valence-electron chi connectivity index (χ4n) is 8.03. The third kappa shape index (κ3) is 3.67. The molecule has 168 valence electrons. The smallest absolute Gasteiger partial charge is 0.0818 e. The highest BCUT2D eigenvalue weighted by Gasteiger charge is 2.63. The molecule has 4 bridgehead atoms. The second kappa shape index (κ2) is 7.81. The summed E-state index contributed by atoms with van der Waals surface area (Å²) < 4.78 is 6.64. The van der Waals surface area contributed by atoms with E-state index >= 15 is 0 Å². The van der Waals surface area contributed by atoms with Gasteiger partial charge < -0.3 is 15.8 Å². The van der Waals surface area contributed by atoms with Crippen LogP contribution >= 0.6 is 12.2 Å². The quantitative estimate of drug-likeness (QED) is 0.606. The minimum absolute atomic E-state index is 0.172. The first-order valence-corrected chi connectivity index (χ1v) is 13.2. The molecule has 2 unspecified atom stereocenters. The summed E-state index contributed by atoms with van der Waals surface area (Å²) in [5.74, 6) is 2.04. The van der Waals surface area contributed by atoms with Gasteiger partial charge in [-0.05, 0) is 106 Å². The highest BCUT2D eigenvalue weighted by molar-refractivity contribution is 7.80. The van der Waals surface area contributed by atoms with E-state index < -0.39 is 0 Å². The zero-order valence-corrected chi connectivity index (χ0v) is 19.5. The van der Waals surface area contributed by atoms with Gasteiger partial charge in [0, 0.05) is 11.5 Å². The Hall–Kier alpha value is -0.970. The molecule has 0 amide bonds. The molecule has 6 saturated carbocycles. The summed E-state index contributed by atoms with van der Waals surface area (Å²) in [5, 5.41) is 3.91. The highest BCUT2D eigenvalue weighted by atomic mass is 32.1. The predicted molar refractivity (Wildman–Crippen MR) is 129 cm³/mol. The van der Waals surface area contributed by atoms with Crippen LogP contribution in [-0.4, -0.2) is 29.8 Å². The van der Waals surface area contributed by atoms with Gasteiger partial charge in [0.15, 0.2) is 0 Å². The van der Waals surface area contributed by atoms with Gasteiger partial charge in [-0.3, -0.25) is 0 Å². The molecular formula is C27H38N2OS. The molecule has 7 rings (SSSR count). The molecule has 1 aromatic rings. The molecule has 6 fully saturated rings. The van der Waals surface area contributed by atoms with Crippen molar-refractivity contribution in [1.29, 1.82) is 0 Å². The van der Waals surface area contributed by atoms with Crippen LogP contribution in [0.1, 0.15) is 76.2 Å². The minimum atomic E-state index is 0.172. The fourth-order valence-corrected chi connectivity index (χ4v) is 8.43. The summed E-state index contributed by atoms with van der Waals surface area (Å²) in [5.41, 5.74) is 7.93. The number of hydrogen-bond donors (Lipinski definition) is 2. The average Bonchev–Trinajstić information content (AvgIpc) is 3.61. The summed E-state index contributed by atoms with van der Waals surface area (Å²) in [6.45, 7) is 0.840. The maximum absolute atomic E-state index is 6.64. The van der Waals surface area contributed by atoms with Crippen molar-refractivity contribution in [2.24, 2.45) is 28.9 Å². The Balaban J connectivity index is 1.25. The van der Waals surface area contributed by atoms with Crippen molar-refractivity contribution < 1.29 is 4.74 Å². The van der Waals surface area contributed by atoms with E-state index in [1.807, 2.05) is 0 Å². The molecule has 4 heteroatoms. The van der Waals surface area contributed by atoms with E-state index in [1.165, 1.54) is 75.6 Å². The van der Waals surface area contributed by atoms with E-state index in [4.69, 9.17) is 22.7 Å². The van der Waals surface area contributed by atoms with Gasteiger partial charge in [-0.2, -0.15) is 0 Å². The predicted octanol–water partition coefficient (Wildman–Crippen LogP) is 5.12. The van der Waals surface area contributed by atoms with E-state index in [-0.39, 0.29) is 5.41 Å². The maximum atomic E-state index is 6.64. The summed E-state index contributed by atoms with van der Waals surface area (Å²) in [7, 11) is 0. The van der Waals surface area contributed by atoms with Gasteiger partial charge in [0.1, 0.15) is 0 Å². The average molecular weight is 439 g/mol. The van der Waals surface area contributed by atoms with Crippen molar-refractivity contribution in [3.63, 3.8) is 0 Å². The molecule has 3 nitrogen and oxygen atoms in total. The third-order valence-corrected chi connectivity index (χ3v) is 10.0. The Morgan fingerprint density at radius 2 is 1.65 bits per heavy atom. The van der Waals surface area contributed by atoms with E-state index in [0.29, 0.717) is 41.4 Å². The summed E-state index contributed by atoms with van der Waals surface area (Å²) in [6, 6.07) is 11.9. The van der Waals surface area contributed by atoms with Gasteiger partial charge in [0.05, 0.1) is 17.2 Å². The lowest BCUT2D eigenvalue weighted by Crippen LogP contribution is -2.64. The first-order valence-electron chi connectivity index (χ1n) is 12.8. The molecule has 0 aromatic heterocycles. The van der Waals surface area contributed by atoms with Gasteiger partial charge >= 0.3 is 0 Å². The van der Waals surface area contributed by atoms with Crippen LogP contribution < -0.4 is 11.1 Å². The van der Waals surface area contributed by atoms with Crippen LogP contribution in [0.25, 0.3) is 0 Å². The zero-order chi connectivity index (χ0) is 21.1. The lowest BCUT2D eigenvalue weighted by Gasteiger charge is -2.65. The van der Waals surface area contributed by atoms with Crippen LogP contribution in [0.15, 0.2) is 30.3 Å². The monoisotopic (exact) mass is 438 g/mol. The van der Waals surface area contributed by atoms with Crippen molar-refractivity contribution in [3.8, 4) is 0 Å². The molecule has 6 aliphatic rings. The summed E-state index contributed by atoms with van der Waals surface area (Å²) in [4.78, 5) is 1.18. The Morgan fingerprint density at radius 3 is 2.26 bits per heavy atom. The molecule has 31 heavy (non-hydrogen) atoms. The molecule has 3 N–H and O–H groups in total. The van der Waals surface area contributed by atoms with Crippen molar-refractivity contribution in [2.75, 3.05) is 6.54 Å². The van der Waals surface area contributed by atoms with Crippen LogP contribution in [0.2, 0.25) is 0 Å². The molecular weight excluding hydrogens is 400 g/mol. The number of benzene rings is 1. The first kappa shape index (κ1) is 20.6. The largest absolute Gasteiger partial charge is 0.376 e. The van der Waals surface area contributed by atoms with Gasteiger partial charge in [0.2, 0.25) is 0 Å². The lowest BCUT2D eigenvalue weighted by atomic mass is 9.42. The number of ether oxygens (including phenoxy) is 1. The van der Waals surface area contributed by atoms with E-state index in [0.717, 1.165) is 6.54 Å². The van der Waals surface area contributed by atoms with Crippen molar-refractivity contribution >= 4 is 17.2 Å². The van der Waals surface area contributed by atoms with Crippen molar-refractivity contribution in [1.82, 2.24) is 5.32 Å². The van der Waals surface area contributed by atoms with Crippen LogP contribution in [-0.2, 0) is 10.2 Å². The molecule has 0 aliphatic heterocycles. The van der Waals surface area contributed by atoms with E-state index in [1.54, 1.807) is 5.56 Å².